The van der Waals surface area contributed by atoms with Gasteiger partial charge in [-0.1, -0.05) is 23.4 Å². The van der Waals surface area contributed by atoms with E-state index in [9.17, 15) is 9.18 Å². The summed E-state index contributed by atoms with van der Waals surface area (Å²) in [5.41, 5.74) is 0.925. The molecule has 1 aliphatic heterocycles. The third-order valence-corrected chi connectivity index (χ3v) is 4.66. The molecule has 0 unspecified atom stereocenters. The first-order valence-corrected chi connectivity index (χ1v) is 8.82. The van der Waals surface area contributed by atoms with Gasteiger partial charge in [-0.05, 0) is 24.5 Å². The van der Waals surface area contributed by atoms with Crippen molar-refractivity contribution in [3.05, 3.63) is 60.1 Å². The predicted octanol–water partition coefficient (Wildman–Crippen LogP) is 2.61. The first-order valence-electron chi connectivity index (χ1n) is 8.82. The molecule has 138 valence electrons. The molecule has 27 heavy (non-hydrogen) atoms. The normalized spacial score (nSPS) is 17.1. The van der Waals surface area contributed by atoms with Gasteiger partial charge in [0.25, 0.3) is 5.89 Å². The van der Waals surface area contributed by atoms with Crippen LogP contribution in [-0.4, -0.2) is 44.0 Å². The highest BCUT2D eigenvalue weighted by Crippen LogP contribution is 2.27. The zero-order valence-electron chi connectivity index (χ0n) is 14.6. The molecule has 3 heterocycles. The van der Waals surface area contributed by atoms with Gasteiger partial charge in [0.05, 0.1) is 12.6 Å². The van der Waals surface area contributed by atoms with Crippen LogP contribution >= 0.6 is 0 Å². The Morgan fingerprint density at radius 2 is 2.19 bits per heavy atom. The molecular weight excluding hydrogens is 349 g/mol. The van der Waals surface area contributed by atoms with Gasteiger partial charge in [0.2, 0.25) is 5.91 Å². The molecule has 1 aliphatic rings. The van der Waals surface area contributed by atoms with Crippen molar-refractivity contribution in [2.45, 2.75) is 25.2 Å². The van der Waals surface area contributed by atoms with E-state index in [1.54, 1.807) is 41.7 Å². The number of piperidine rings is 1. The number of hydrogen-bond donors (Lipinski definition) is 0. The average molecular weight is 367 g/mol. The van der Waals surface area contributed by atoms with E-state index in [1.807, 2.05) is 0 Å². The maximum Gasteiger partial charge on any atom is 0.278 e. The summed E-state index contributed by atoms with van der Waals surface area (Å²) in [7, 11) is 0. The molecule has 1 fully saturated rings. The van der Waals surface area contributed by atoms with Crippen LogP contribution in [0.4, 0.5) is 4.39 Å². The van der Waals surface area contributed by atoms with Gasteiger partial charge in [0.15, 0.2) is 5.82 Å². The Bertz CT molecular complexity index is 931. The molecule has 4 rings (SSSR count). The van der Waals surface area contributed by atoms with E-state index in [4.69, 9.17) is 4.52 Å². The van der Waals surface area contributed by atoms with Crippen molar-refractivity contribution in [3.8, 4) is 11.6 Å². The summed E-state index contributed by atoms with van der Waals surface area (Å²) in [6, 6.07) is 6.36. The number of nitrogens with zero attached hydrogens (tertiary/aromatic N) is 5. The van der Waals surface area contributed by atoms with E-state index >= 15 is 0 Å². The number of likely N-dealkylation sites (tertiary alicyclic amines) is 1. The molecule has 0 radical (unpaired) electrons. The molecule has 0 saturated carbocycles. The van der Waals surface area contributed by atoms with Crippen molar-refractivity contribution in [1.82, 2.24) is 25.0 Å². The lowest BCUT2D eigenvalue weighted by atomic mass is 9.96. The van der Waals surface area contributed by atoms with E-state index < -0.39 is 0 Å². The summed E-state index contributed by atoms with van der Waals surface area (Å²) in [6.07, 6.45) is 6.44. The van der Waals surface area contributed by atoms with Crippen LogP contribution in [0.1, 0.15) is 30.1 Å². The number of halogens is 1. The topological polar surface area (TPSA) is 85.0 Å². The van der Waals surface area contributed by atoms with Crippen molar-refractivity contribution in [1.29, 1.82) is 0 Å². The first kappa shape index (κ1) is 17.3. The van der Waals surface area contributed by atoms with Crippen molar-refractivity contribution in [2.75, 3.05) is 13.1 Å². The van der Waals surface area contributed by atoms with Gasteiger partial charge in [0, 0.05) is 31.4 Å². The Balaban J connectivity index is 1.45. The van der Waals surface area contributed by atoms with E-state index in [1.165, 1.54) is 6.07 Å². The Kier molecular flexibility index (Phi) is 4.86. The largest absolute Gasteiger partial charge is 0.342 e. The minimum Gasteiger partial charge on any atom is -0.342 e. The number of rotatable bonds is 4. The molecule has 0 bridgehead atoms. The number of carbonyl (C=O) groups excluding carboxylic acids is 1. The lowest BCUT2D eigenvalue weighted by Gasteiger charge is -2.31. The van der Waals surface area contributed by atoms with E-state index in [-0.39, 0.29) is 24.1 Å². The van der Waals surface area contributed by atoms with E-state index in [0.717, 1.165) is 12.8 Å². The minimum absolute atomic E-state index is 0.0162. The molecule has 1 aromatic carbocycles. The van der Waals surface area contributed by atoms with Crippen LogP contribution in [0.2, 0.25) is 0 Å². The van der Waals surface area contributed by atoms with Crippen molar-refractivity contribution < 1.29 is 13.7 Å². The van der Waals surface area contributed by atoms with Gasteiger partial charge < -0.3 is 9.42 Å². The summed E-state index contributed by atoms with van der Waals surface area (Å²) < 4.78 is 19.1. The van der Waals surface area contributed by atoms with Gasteiger partial charge in [0.1, 0.15) is 11.5 Å². The van der Waals surface area contributed by atoms with Crippen LogP contribution in [0.5, 0.6) is 0 Å². The fraction of sp³-hybridized carbons (Fsp3) is 0.316. The Labute approximate surface area is 155 Å². The molecule has 2 aromatic heterocycles. The molecule has 0 N–H and O–H groups in total. The zero-order chi connectivity index (χ0) is 18.6. The van der Waals surface area contributed by atoms with Crippen LogP contribution in [0.15, 0.2) is 47.4 Å². The Morgan fingerprint density at radius 1 is 1.30 bits per heavy atom. The fourth-order valence-electron chi connectivity index (χ4n) is 3.25. The number of carbonyl (C=O) groups is 1. The van der Waals surface area contributed by atoms with Crippen molar-refractivity contribution >= 4 is 5.91 Å². The lowest BCUT2D eigenvalue weighted by Crippen LogP contribution is -2.40. The molecule has 0 aliphatic carbocycles. The smallest absolute Gasteiger partial charge is 0.278 e. The minimum atomic E-state index is -0.355. The van der Waals surface area contributed by atoms with Crippen LogP contribution in [0.3, 0.4) is 0 Å². The third-order valence-electron chi connectivity index (χ3n) is 4.66. The second-order valence-electron chi connectivity index (χ2n) is 6.50. The third kappa shape index (κ3) is 3.84. The Morgan fingerprint density at radius 3 is 3.00 bits per heavy atom. The van der Waals surface area contributed by atoms with Gasteiger partial charge >= 0.3 is 0 Å². The second kappa shape index (κ2) is 7.61. The number of amides is 1. The van der Waals surface area contributed by atoms with Crippen LogP contribution < -0.4 is 0 Å². The second-order valence-corrected chi connectivity index (χ2v) is 6.50. The highest BCUT2D eigenvalue weighted by Gasteiger charge is 2.28. The Hall–Kier alpha value is -3.16. The highest BCUT2D eigenvalue weighted by molar-refractivity contribution is 5.79. The molecule has 0 spiro atoms. The lowest BCUT2D eigenvalue weighted by molar-refractivity contribution is -0.131. The maximum atomic E-state index is 13.8. The van der Waals surface area contributed by atoms with E-state index in [2.05, 4.69) is 20.1 Å². The fourth-order valence-corrected chi connectivity index (χ4v) is 3.25. The van der Waals surface area contributed by atoms with Gasteiger partial charge in [-0.2, -0.15) is 4.98 Å². The molecular formula is C19H18FN5O2. The summed E-state index contributed by atoms with van der Waals surface area (Å²) >= 11 is 0. The number of benzene rings is 1. The summed E-state index contributed by atoms with van der Waals surface area (Å²) in [4.78, 5) is 26.9. The molecule has 8 heteroatoms. The molecule has 1 saturated heterocycles. The van der Waals surface area contributed by atoms with Gasteiger partial charge in [-0.25, -0.2) is 9.37 Å². The zero-order valence-corrected chi connectivity index (χ0v) is 14.6. The van der Waals surface area contributed by atoms with Gasteiger partial charge in [-0.3, -0.25) is 9.78 Å². The summed E-state index contributed by atoms with van der Waals surface area (Å²) in [5, 5.41) is 4.06. The predicted molar refractivity (Wildman–Crippen MR) is 94.0 cm³/mol. The SMILES string of the molecule is O=C(Cc1ccccc1F)N1CCC[C@@H](c2noc(-c3cnccn3)n2)C1. The summed E-state index contributed by atoms with van der Waals surface area (Å²) in [6.45, 7) is 1.14. The van der Waals surface area contributed by atoms with Crippen LogP contribution in [0, 0.1) is 5.82 Å². The van der Waals surface area contributed by atoms with E-state index in [0.29, 0.717) is 36.1 Å². The van der Waals surface area contributed by atoms with Gasteiger partial charge in [-0.15, -0.1) is 0 Å². The monoisotopic (exact) mass is 367 g/mol. The quantitative estimate of drug-likeness (QED) is 0.705. The maximum absolute atomic E-state index is 13.8. The summed E-state index contributed by atoms with van der Waals surface area (Å²) in [5.74, 6) is 0.401. The average Bonchev–Trinajstić information content (AvgIpc) is 3.21. The van der Waals surface area contributed by atoms with Crippen molar-refractivity contribution in [2.24, 2.45) is 0 Å². The van der Waals surface area contributed by atoms with Crippen molar-refractivity contribution in [3.63, 3.8) is 0 Å². The highest BCUT2D eigenvalue weighted by atomic mass is 19.1. The standard InChI is InChI=1S/C19H18FN5O2/c20-15-6-2-1-4-13(15)10-17(26)25-9-3-5-14(12-25)18-23-19(27-24-18)16-11-21-7-8-22-16/h1-2,4,6-8,11,14H,3,5,9-10,12H2/t14-/m1/s1. The number of hydrogen-bond acceptors (Lipinski definition) is 6. The molecule has 3 aromatic rings. The molecule has 7 nitrogen and oxygen atoms in total. The van der Waals surface area contributed by atoms with Crippen LogP contribution in [-0.2, 0) is 11.2 Å². The molecule has 1 atom stereocenters. The first-order chi connectivity index (χ1) is 13.2. The molecule has 1 amide bonds. The number of aromatic nitrogens is 4. The van der Waals surface area contributed by atoms with Crippen LogP contribution in [0.25, 0.3) is 11.6 Å².